The number of methoxy groups -OCH3 is 1. The number of ether oxygens (including phenoxy) is 1. The van der Waals surface area contributed by atoms with E-state index < -0.39 is 37.2 Å². The van der Waals surface area contributed by atoms with Crippen molar-refractivity contribution < 1.29 is 32.5 Å². The highest BCUT2D eigenvalue weighted by molar-refractivity contribution is 6.36. The number of carbonyl (C=O) groups is 3. The molecule has 0 spiro atoms. The van der Waals surface area contributed by atoms with Crippen LogP contribution in [0.2, 0.25) is 5.02 Å². The first kappa shape index (κ1) is 36.6. The van der Waals surface area contributed by atoms with E-state index in [1.807, 2.05) is 6.07 Å². The van der Waals surface area contributed by atoms with Crippen molar-refractivity contribution >= 4 is 40.8 Å². The number of halogens is 1. The average molecular weight is 898 g/mol. The zero-order valence-electron chi connectivity index (χ0n) is 43.0. The SMILES string of the molecule is [2H]C([2H])([2H])n1c(C(=O)Nc2cccc(-c3cccc(NC(=O)c4nc5c(n4C([2H])([2H])[2H])CCN(CCC46CCC(COC)(CC4)C6)C5)c3Cl)c2C)nc2c1CCN(CCC13CCC(C(=O)O)(CC1)C3)C2. The van der Waals surface area contributed by atoms with Gasteiger partial charge in [0.1, 0.15) is 0 Å². The molecule has 2 amide bonds. The molecule has 2 aromatic heterocycles. The number of fused-ring (bicyclic) bond motifs is 6. The first-order valence-electron chi connectivity index (χ1n) is 26.1. The fourth-order valence-corrected chi connectivity index (χ4v) is 13.1. The molecule has 13 nitrogen and oxygen atoms in total. The van der Waals surface area contributed by atoms with Crippen molar-refractivity contribution in [1.29, 1.82) is 0 Å². The van der Waals surface area contributed by atoms with Gasteiger partial charge in [-0.25, -0.2) is 9.97 Å². The molecule has 4 aromatic rings. The number of aliphatic carboxylic acids is 1. The summed E-state index contributed by atoms with van der Waals surface area (Å²) in [5, 5.41) is 15.8. The van der Waals surface area contributed by atoms with Crippen LogP contribution in [0.4, 0.5) is 11.4 Å². The quantitative estimate of drug-likeness (QED) is 0.114. The molecular formula is C50H63ClN8O5. The zero-order valence-corrected chi connectivity index (χ0v) is 37.7. The first-order chi connectivity index (χ1) is 33.2. The predicted octanol–water partition coefficient (Wildman–Crippen LogP) is 8.42. The summed E-state index contributed by atoms with van der Waals surface area (Å²) in [6, 6.07) is 10.4. The number of benzene rings is 2. The summed E-state index contributed by atoms with van der Waals surface area (Å²) in [5.41, 5.74) is 4.68. The standard InChI is InChI=1S/C50H63ClN8O5/c1-32-33(7-5-9-35(32)54-44(60)42-52-37-28-59(24-12-39(37)56(42)2)26-22-48-17-19-50(30-48,20-18-48)46(62)63)34-8-6-10-36(41(34)51)55-45(61)43-53-38-27-58(23-11-40(38)57(43)3)25-21-47-13-15-49(29-47,16-14-47)31-64-4/h5-10H,11-31H2,1-4H3,(H,54,60)(H,55,61)(H,62,63)/i2D3,3D3. The second-order valence-corrected chi connectivity index (χ2v) is 20.7. The molecule has 0 saturated heterocycles. The fraction of sp³-hybridized carbons (Fsp3) is 0.580. The molecule has 14 heteroatoms. The Kier molecular flexibility index (Phi) is 9.39. The second kappa shape index (κ2) is 16.4. The number of aromatic nitrogens is 4. The van der Waals surface area contributed by atoms with Crippen molar-refractivity contribution in [3.05, 3.63) is 81.4 Å². The van der Waals surface area contributed by atoms with Crippen molar-refractivity contribution in [3.63, 3.8) is 0 Å². The number of hydrogen-bond acceptors (Lipinski definition) is 8. The molecule has 340 valence electrons. The highest BCUT2D eigenvalue weighted by Crippen LogP contribution is 2.64. The molecule has 6 aliphatic rings. The molecule has 2 aliphatic heterocycles. The van der Waals surface area contributed by atoms with Gasteiger partial charge in [0.05, 0.1) is 34.1 Å². The number of carbonyl (C=O) groups excluding carboxylic acids is 2. The number of nitrogens with one attached hydrogen (secondary N) is 2. The largest absolute Gasteiger partial charge is 0.481 e. The summed E-state index contributed by atoms with van der Waals surface area (Å²) in [4.78, 5) is 54.2. The summed E-state index contributed by atoms with van der Waals surface area (Å²) in [6.07, 6.45) is 12.8. The molecule has 0 unspecified atom stereocenters. The third-order valence-electron chi connectivity index (χ3n) is 16.6. The van der Waals surface area contributed by atoms with Gasteiger partial charge < -0.3 is 29.6 Å². The van der Waals surface area contributed by atoms with E-state index in [0.29, 0.717) is 101 Å². The Morgan fingerprint density at radius 1 is 0.750 bits per heavy atom. The number of amides is 2. The molecule has 0 atom stereocenters. The lowest BCUT2D eigenvalue weighted by Crippen LogP contribution is -2.34. The summed E-state index contributed by atoms with van der Waals surface area (Å²) in [5.74, 6) is -2.50. The molecule has 4 aliphatic carbocycles. The average Bonchev–Trinajstić information content (AvgIpc) is 4.17. The van der Waals surface area contributed by atoms with Crippen LogP contribution in [-0.4, -0.2) is 91.7 Å². The summed E-state index contributed by atoms with van der Waals surface area (Å²) in [6.45, 7) is 1.04. The van der Waals surface area contributed by atoms with E-state index in [-0.39, 0.29) is 27.8 Å². The Labute approximate surface area is 389 Å². The Bertz CT molecular complexity index is 2730. The van der Waals surface area contributed by atoms with E-state index in [9.17, 15) is 19.5 Å². The lowest BCUT2D eigenvalue weighted by Gasteiger charge is -2.32. The molecule has 4 fully saturated rings. The highest BCUT2D eigenvalue weighted by atomic mass is 35.5. The minimum absolute atomic E-state index is 0.0197. The molecule has 64 heavy (non-hydrogen) atoms. The molecule has 0 radical (unpaired) electrons. The maximum Gasteiger partial charge on any atom is 0.309 e. The van der Waals surface area contributed by atoms with Crippen LogP contribution >= 0.6 is 11.6 Å². The summed E-state index contributed by atoms with van der Waals surface area (Å²) in [7, 11) is 1.79. The molecule has 3 N–H and O–H groups in total. The van der Waals surface area contributed by atoms with Gasteiger partial charge in [-0.05, 0) is 137 Å². The molecular weight excluding hydrogens is 828 g/mol. The van der Waals surface area contributed by atoms with E-state index in [0.717, 1.165) is 67.4 Å². The van der Waals surface area contributed by atoms with Gasteiger partial charge in [0.2, 0.25) is 0 Å². The fourth-order valence-electron chi connectivity index (χ4n) is 12.9. The van der Waals surface area contributed by atoms with E-state index in [1.54, 1.807) is 44.4 Å². The van der Waals surface area contributed by atoms with Crippen LogP contribution in [0.1, 0.15) is 135 Å². The van der Waals surface area contributed by atoms with Gasteiger partial charge in [-0.1, -0.05) is 35.9 Å². The predicted molar refractivity (Wildman–Crippen MR) is 247 cm³/mol. The van der Waals surface area contributed by atoms with Gasteiger partial charge >= 0.3 is 5.97 Å². The zero-order chi connectivity index (χ0) is 49.6. The second-order valence-electron chi connectivity index (χ2n) is 20.3. The third kappa shape index (κ3) is 7.57. The van der Waals surface area contributed by atoms with Crippen LogP contribution in [0.25, 0.3) is 11.1 Å². The van der Waals surface area contributed by atoms with E-state index in [1.165, 1.54) is 32.1 Å². The molecule has 2 aromatic carbocycles. The van der Waals surface area contributed by atoms with E-state index in [4.69, 9.17) is 24.6 Å². The van der Waals surface area contributed by atoms with Crippen LogP contribution in [0.3, 0.4) is 0 Å². The molecule has 4 bridgehead atoms. The minimum atomic E-state index is -2.67. The minimum Gasteiger partial charge on any atom is -0.481 e. The first-order valence-corrected chi connectivity index (χ1v) is 23.4. The van der Waals surface area contributed by atoms with Crippen LogP contribution in [0.15, 0.2) is 36.4 Å². The smallest absolute Gasteiger partial charge is 0.309 e. The third-order valence-corrected chi connectivity index (χ3v) is 17.0. The van der Waals surface area contributed by atoms with Crippen LogP contribution < -0.4 is 10.6 Å². The van der Waals surface area contributed by atoms with Crippen molar-refractivity contribution in [1.82, 2.24) is 28.9 Å². The highest BCUT2D eigenvalue weighted by Gasteiger charge is 2.58. The maximum absolute atomic E-state index is 14.1. The lowest BCUT2D eigenvalue weighted by molar-refractivity contribution is -0.148. The van der Waals surface area contributed by atoms with Gasteiger partial charge in [0.15, 0.2) is 11.6 Å². The van der Waals surface area contributed by atoms with Gasteiger partial charge in [0.25, 0.3) is 11.8 Å². The maximum atomic E-state index is 14.1. The van der Waals surface area contributed by atoms with Crippen molar-refractivity contribution in [3.8, 4) is 11.1 Å². The lowest BCUT2D eigenvalue weighted by atomic mass is 9.80. The number of imidazole rings is 2. The topological polar surface area (TPSA) is 147 Å². The molecule has 4 heterocycles. The van der Waals surface area contributed by atoms with Crippen molar-refractivity contribution in [2.24, 2.45) is 35.6 Å². The van der Waals surface area contributed by atoms with E-state index >= 15 is 0 Å². The molecule has 10 rings (SSSR count). The van der Waals surface area contributed by atoms with Crippen LogP contribution in [-0.2, 0) is 49.4 Å². The van der Waals surface area contributed by atoms with Gasteiger partial charge in [-0.2, -0.15) is 0 Å². The number of rotatable bonds is 14. The Morgan fingerprint density at radius 2 is 1.27 bits per heavy atom. The van der Waals surface area contributed by atoms with E-state index in [2.05, 4.69) is 30.4 Å². The Morgan fingerprint density at radius 3 is 1.81 bits per heavy atom. The monoisotopic (exact) mass is 896 g/mol. The van der Waals surface area contributed by atoms with Crippen molar-refractivity contribution in [2.75, 3.05) is 50.5 Å². The Balaban J connectivity index is 0.829. The number of hydrogen-bond donors (Lipinski definition) is 3. The number of anilines is 2. The number of nitrogens with zero attached hydrogens (tertiary/aromatic N) is 6. The number of carboxylic acids is 1. The van der Waals surface area contributed by atoms with Crippen LogP contribution in [0, 0.1) is 28.6 Å². The summed E-state index contributed by atoms with van der Waals surface area (Å²) < 4.78 is 58.3. The normalized spacial score (nSPS) is 29.0. The van der Waals surface area contributed by atoms with Gasteiger partial charge in [-0.15, -0.1) is 0 Å². The van der Waals surface area contributed by atoms with Crippen molar-refractivity contribution in [2.45, 2.75) is 110 Å². The summed E-state index contributed by atoms with van der Waals surface area (Å²) >= 11 is 7.07. The number of carboxylic acid groups (broad SMARTS) is 1. The molecule has 4 saturated carbocycles. The van der Waals surface area contributed by atoms with Gasteiger partial charge in [0, 0.05) is 90.9 Å². The van der Waals surface area contributed by atoms with Crippen LogP contribution in [0.5, 0.6) is 0 Å². The van der Waals surface area contributed by atoms with Gasteiger partial charge in [-0.3, -0.25) is 24.2 Å². The Hall–Kier alpha value is -4.56.